The van der Waals surface area contributed by atoms with Crippen molar-refractivity contribution in [1.82, 2.24) is 15.6 Å². The minimum absolute atomic E-state index is 0.165. The smallest absolute Gasteiger partial charge is 0.270 e. The average molecular weight is 314 g/mol. The molecule has 0 spiro atoms. The molecule has 4 rings (SSSR count). The zero-order valence-electron chi connectivity index (χ0n) is 12.8. The fourth-order valence-corrected chi connectivity index (χ4v) is 3.60. The number of rotatable bonds is 3. The minimum Gasteiger partial charge on any atom is -0.460 e. The van der Waals surface area contributed by atoms with Gasteiger partial charge >= 0.3 is 0 Å². The number of carbonyl (C=O) groups excluding carboxylic acids is 2. The molecule has 7 heteroatoms. The molecule has 1 aliphatic heterocycles. The highest BCUT2D eigenvalue weighted by atomic mass is 16.3. The Labute approximate surface area is 132 Å². The number of hydrogen-bond acceptors (Lipinski definition) is 5. The lowest BCUT2D eigenvalue weighted by Gasteiger charge is -2.23. The molecule has 7 nitrogen and oxygen atoms in total. The first kappa shape index (κ1) is 14.2. The first-order valence-electron chi connectivity index (χ1n) is 7.79. The SMILES string of the molecule is CC(=O)Nc1coc2cnc(C(=O)NC3CC4CNC3C4)cc12. The number of aromatic nitrogens is 1. The van der Waals surface area contributed by atoms with Crippen LogP contribution in [0.3, 0.4) is 0 Å². The third-order valence-electron chi connectivity index (χ3n) is 4.65. The zero-order chi connectivity index (χ0) is 16.0. The Bertz CT molecular complexity index is 785. The highest BCUT2D eigenvalue weighted by molar-refractivity contribution is 6.02. The van der Waals surface area contributed by atoms with Crippen LogP contribution in [0.5, 0.6) is 0 Å². The molecule has 1 aliphatic carbocycles. The number of pyridine rings is 1. The summed E-state index contributed by atoms with van der Waals surface area (Å²) < 4.78 is 5.34. The zero-order valence-corrected chi connectivity index (χ0v) is 12.8. The number of nitrogens with zero attached hydrogens (tertiary/aromatic N) is 1. The van der Waals surface area contributed by atoms with E-state index >= 15 is 0 Å². The number of piperidine rings is 1. The molecule has 2 aliphatic rings. The molecule has 3 unspecified atom stereocenters. The monoisotopic (exact) mass is 314 g/mol. The Morgan fingerprint density at radius 2 is 2.26 bits per heavy atom. The largest absolute Gasteiger partial charge is 0.460 e. The molecule has 2 fully saturated rings. The van der Waals surface area contributed by atoms with Crippen molar-refractivity contribution in [3.05, 3.63) is 24.2 Å². The van der Waals surface area contributed by atoms with E-state index in [1.165, 1.54) is 19.4 Å². The van der Waals surface area contributed by atoms with E-state index in [9.17, 15) is 9.59 Å². The molecule has 3 N–H and O–H groups in total. The van der Waals surface area contributed by atoms with Gasteiger partial charge in [-0.05, 0) is 31.4 Å². The predicted octanol–water partition coefficient (Wildman–Crippen LogP) is 1.27. The fraction of sp³-hybridized carbons (Fsp3) is 0.438. The first-order valence-corrected chi connectivity index (χ1v) is 7.79. The molecule has 0 aromatic carbocycles. The van der Waals surface area contributed by atoms with Crippen molar-refractivity contribution < 1.29 is 14.0 Å². The van der Waals surface area contributed by atoms with Crippen molar-refractivity contribution in [3.8, 4) is 0 Å². The topological polar surface area (TPSA) is 96.3 Å². The summed E-state index contributed by atoms with van der Waals surface area (Å²) >= 11 is 0. The van der Waals surface area contributed by atoms with Crippen LogP contribution in [0.25, 0.3) is 11.0 Å². The van der Waals surface area contributed by atoms with E-state index in [-0.39, 0.29) is 17.9 Å². The maximum atomic E-state index is 12.5. The normalized spacial score (nSPS) is 25.7. The van der Waals surface area contributed by atoms with E-state index in [4.69, 9.17) is 4.42 Å². The van der Waals surface area contributed by atoms with E-state index in [1.54, 1.807) is 6.07 Å². The number of anilines is 1. The highest BCUT2D eigenvalue weighted by Gasteiger charge is 2.40. The van der Waals surface area contributed by atoms with Gasteiger partial charge in [0.2, 0.25) is 5.91 Å². The van der Waals surface area contributed by atoms with Crippen molar-refractivity contribution >= 4 is 28.5 Å². The van der Waals surface area contributed by atoms with Crippen LogP contribution in [0, 0.1) is 5.92 Å². The number of furan rings is 1. The van der Waals surface area contributed by atoms with Gasteiger partial charge in [0.1, 0.15) is 12.0 Å². The molecular weight excluding hydrogens is 296 g/mol. The van der Waals surface area contributed by atoms with E-state index < -0.39 is 0 Å². The van der Waals surface area contributed by atoms with Crippen molar-refractivity contribution in [3.63, 3.8) is 0 Å². The molecule has 1 saturated heterocycles. The molecule has 0 radical (unpaired) electrons. The lowest BCUT2D eigenvalue weighted by atomic mass is 10.1. The second-order valence-electron chi connectivity index (χ2n) is 6.33. The molecule has 2 amide bonds. The molecule has 2 aromatic heterocycles. The average Bonchev–Trinajstić information content (AvgIpc) is 3.22. The van der Waals surface area contributed by atoms with Crippen LogP contribution in [0.2, 0.25) is 0 Å². The van der Waals surface area contributed by atoms with Gasteiger partial charge in [-0.2, -0.15) is 0 Å². The van der Waals surface area contributed by atoms with E-state index in [0.717, 1.165) is 19.4 Å². The maximum absolute atomic E-state index is 12.5. The molecule has 3 atom stereocenters. The standard InChI is InChI=1S/C16H18N4O3/c1-8(21)19-14-7-23-15-6-18-13(4-10(14)15)16(22)20-12-3-9-2-11(12)17-5-9/h4,6-7,9,11-12,17H,2-3,5H2,1H3,(H,19,21)(H,20,22). The Balaban J connectivity index is 1.55. The van der Waals surface area contributed by atoms with Crippen LogP contribution in [0.1, 0.15) is 30.3 Å². The number of fused-ring (bicyclic) bond motifs is 3. The molecule has 3 heterocycles. The Morgan fingerprint density at radius 1 is 1.39 bits per heavy atom. The predicted molar refractivity (Wildman–Crippen MR) is 84.1 cm³/mol. The van der Waals surface area contributed by atoms with Gasteiger partial charge in [0.05, 0.1) is 11.9 Å². The van der Waals surface area contributed by atoms with Gasteiger partial charge in [0, 0.05) is 24.4 Å². The van der Waals surface area contributed by atoms with Crippen molar-refractivity contribution in [2.45, 2.75) is 31.8 Å². The number of amides is 2. The highest BCUT2D eigenvalue weighted by Crippen LogP contribution is 2.31. The summed E-state index contributed by atoms with van der Waals surface area (Å²) in [4.78, 5) is 27.8. The molecule has 2 aromatic rings. The number of hydrogen-bond donors (Lipinski definition) is 3. The van der Waals surface area contributed by atoms with Crippen LogP contribution in [0.15, 0.2) is 22.9 Å². The van der Waals surface area contributed by atoms with Gasteiger partial charge in [-0.3, -0.25) is 9.59 Å². The van der Waals surface area contributed by atoms with Crippen LogP contribution in [-0.4, -0.2) is 35.4 Å². The Kier molecular flexibility index (Phi) is 3.30. The van der Waals surface area contributed by atoms with Crippen LogP contribution in [0.4, 0.5) is 5.69 Å². The van der Waals surface area contributed by atoms with E-state index in [2.05, 4.69) is 20.9 Å². The lowest BCUT2D eigenvalue weighted by molar-refractivity contribution is -0.114. The summed E-state index contributed by atoms with van der Waals surface area (Å²) in [5.41, 5.74) is 1.41. The second-order valence-corrected chi connectivity index (χ2v) is 6.33. The molecule has 2 bridgehead atoms. The van der Waals surface area contributed by atoms with Gasteiger partial charge in [-0.25, -0.2) is 4.98 Å². The van der Waals surface area contributed by atoms with Gasteiger partial charge in [-0.15, -0.1) is 0 Å². The number of nitrogens with one attached hydrogen (secondary N) is 3. The van der Waals surface area contributed by atoms with E-state index in [0.29, 0.717) is 34.3 Å². The summed E-state index contributed by atoms with van der Waals surface area (Å²) in [6.07, 6.45) is 5.12. The van der Waals surface area contributed by atoms with Gasteiger partial charge in [0.25, 0.3) is 5.91 Å². The minimum atomic E-state index is -0.193. The van der Waals surface area contributed by atoms with Gasteiger partial charge in [0.15, 0.2) is 5.58 Å². The fourth-order valence-electron chi connectivity index (χ4n) is 3.60. The van der Waals surface area contributed by atoms with Crippen molar-refractivity contribution in [1.29, 1.82) is 0 Å². The maximum Gasteiger partial charge on any atom is 0.270 e. The Morgan fingerprint density at radius 3 is 2.96 bits per heavy atom. The number of carbonyl (C=O) groups is 2. The first-order chi connectivity index (χ1) is 11.1. The molecule has 1 saturated carbocycles. The summed E-state index contributed by atoms with van der Waals surface area (Å²) in [6.45, 7) is 2.48. The van der Waals surface area contributed by atoms with Crippen LogP contribution in [-0.2, 0) is 4.79 Å². The second kappa shape index (κ2) is 5.34. The summed E-state index contributed by atoms with van der Waals surface area (Å²) in [5.74, 6) is 0.283. The van der Waals surface area contributed by atoms with Gasteiger partial charge < -0.3 is 20.4 Å². The Hall–Kier alpha value is -2.41. The molecule has 23 heavy (non-hydrogen) atoms. The third-order valence-corrected chi connectivity index (χ3v) is 4.65. The quantitative estimate of drug-likeness (QED) is 0.793. The molecular formula is C16H18N4O3. The summed E-state index contributed by atoms with van der Waals surface area (Å²) in [6, 6.07) is 2.19. The molecule has 120 valence electrons. The van der Waals surface area contributed by atoms with Gasteiger partial charge in [-0.1, -0.05) is 0 Å². The third kappa shape index (κ3) is 2.57. The van der Waals surface area contributed by atoms with Crippen LogP contribution < -0.4 is 16.0 Å². The van der Waals surface area contributed by atoms with Crippen LogP contribution >= 0.6 is 0 Å². The van der Waals surface area contributed by atoms with Crippen molar-refractivity contribution in [2.24, 2.45) is 5.92 Å². The van der Waals surface area contributed by atoms with Crippen molar-refractivity contribution in [2.75, 3.05) is 11.9 Å². The lowest BCUT2D eigenvalue weighted by Crippen LogP contribution is -2.48. The van der Waals surface area contributed by atoms with E-state index in [1.807, 2.05) is 0 Å². The summed E-state index contributed by atoms with van der Waals surface area (Å²) in [5, 5.41) is 9.84. The summed E-state index contributed by atoms with van der Waals surface area (Å²) in [7, 11) is 0.